The molecule has 2 nitrogen and oxygen atoms in total. The molecular weight excluding hydrogens is 160 g/mol. The Morgan fingerprint density at radius 1 is 1.38 bits per heavy atom. The van der Waals surface area contributed by atoms with Gasteiger partial charge in [0.2, 0.25) is 0 Å². The van der Waals surface area contributed by atoms with Crippen LogP contribution in [0.1, 0.15) is 39.5 Å². The van der Waals surface area contributed by atoms with Crippen LogP contribution in [0.5, 0.6) is 0 Å². The first-order chi connectivity index (χ1) is 6.13. The third kappa shape index (κ3) is 3.28. The number of hydrogen-bond donors (Lipinski definition) is 1. The summed E-state index contributed by atoms with van der Waals surface area (Å²) < 4.78 is 0. The average molecular weight is 184 g/mol. The van der Waals surface area contributed by atoms with Crippen LogP contribution < -0.4 is 5.32 Å². The van der Waals surface area contributed by atoms with Gasteiger partial charge in [-0.1, -0.05) is 6.92 Å². The van der Waals surface area contributed by atoms with Gasteiger partial charge in [-0.05, 0) is 46.7 Å². The van der Waals surface area contributed by atoms with Crippen molar-refractivity contribution in [2.75, 3.05) is 14.1 Å². The molecule has 0 aromatic rings. The van der Waals surface area contributed by atoms with Crippen LogP contribution in [0.2, 0.25) is 0 Å². The van der Waals surface area contributed by atoms with Crippen molar-refractivity contribution < 1.29 is 0 Å². The van der Waals surface area contributed by atoms with Crippen LogP contribution in [0.25, 0.3) is 0 Å². The summed E-state index contributed by atoms with van der Waals surface area (Å²) in [5, 5.41) is 3.69. The molecule has 0 bridgehead atoms. The van der Waals surface area contributed by atoms with E-state index in [0.29, 0.717) is 6.04 Å². The molecule has 0 spiro atoms. The molecule has 1 rings (SSSR count). The van der Waals surface area contributed by atoms with Crippen LogP contribution in [0, 0.1) is 0 Å². The van der Waals surface area contributed by atoms with Gasteiger partial charge in [-0.2, -0.15) is 0 Å². The lowest BCUT2D eigenvalue weighted by Crippen LogP contribution is -2.36. The first kappa shape index (κ1) is 11.0. The van der Waals surface area contributed by atoms with Crippen LogP contribution in [0.4, 0.5) is 0 Å². The van der Waals surface area contributed by atoms with Crippen molar-refractivity contribution in [1.29, 1.82) is 0 Å². The Kier molecular flexibility index (Phi) is 4.20. The summed E-state index contributed by atoms with van der Waals surface area (Å²) in [5.74, 6) is 0. The molecule has 3 atom stereocenters. The number of nitrogens with zero attached hydrogens (tertiary/aromatic N) is 1. The first-order valence-corrected chi connectivity index (χ1v) is 5.56. The summed E-state index contributed by atoms with van der Waals surface area (Å²) in [6, 6.07) is 2.26. The van der Waals surface area contributed by atoms with Crippen molar-refractivity contribution in [2.24, 2.45) is 0 Å². The Bertz CT molecular complexity index is 145. The highest BCUT2D eigenvalue weighted by molar-refractivity contribution is 4.85. The summed E-state index contributed by atoms with van der Waals surface area (Å²) in [6.07, 6.45) is 5.29. The monoisotopic (exact) mass is 184 g/mol. The highest BCUT2D eigenvalue weighted by Crippen LogP contribution is 2.22. The second-order valence-corrected chi connectivity index (χ2v) is 4.60. The maximum atomic E-state index is 3.69. The van der Waals surface area contributed by atoms with Crippen molar-refractivity contribution in [3.63, 3.8) is 0 Å². The molecule has 0 aromatic heterocycles. The van der Waals surface area contributed by atoms with Gasteiger partial charge in [-0.25, -0.2) is 0 Å². The van der Waals surface area contributed by atoms with Crippen LogP contribution in [0.3, 0.4) is 0 Å². The van der Waals surface area contributed by atoms with E-state index in [1.807, 2.05) is 0 Å². The molecule has 0 radical (unpaired) electrons. The van der Waals surface area contributed by atoms with Crippen molar-refractivity contribution in [3.05, 3.63) is 0 Å². The second kappa shape index (κ2) is 4.97. The van der Waals surface area contributed by atoms with E-state index >= 15 is 0 Å². The zero-order valence-corrected chi connectivity index (χ0v) is 9.51. The minimum Gasteiger partial charge on any atom is -0.311 e. The van der Waals surface area contributed by atoms with Gasteiger partial charge < -0.3 is 10.2 Å². The molecule has 0 aromatic carbocycles. The third-order valence-corrected chi connectivity index (χ3v) is 3.27. The van der Waals surface area contributed by atoms with Gasteiger partial charge in [0.15, 0.2) is 0 Å². The Labute approximate surface area is 82.7 Å². The van der Waals surface area contributed by atoms with E-state index in [-0.39, 0.29) is 0 Å². The van der Waals surface area contributed by atoms with E-state index in [2.05, 4.69) is 38.2 Å². The topological polar surface area (TPSA) is 15.3 Å². The second-order valence-electron chi connectivity index (χ2n) is 4.60. The van der Waals surface area contributed by atoms with E-state index in [0.717, 1.165) is 12.1 Å². The molecule has 1 aliphatic carbocycles. The molecule has 2 heteroatoms. The molecule has 1 fully saturated rings. The quantitative estimate of drug-likeness (QED) is 0.717. The minimum absolute atomic E-state index is 0.686. The van der Waals surface area contributed by atoms with Gasteiger partial charge in [0.05, 0.1) is 0 Å². The first-order valence-electron chi connectivity index (χ1n) is 5.56. The van der Waals surface area contributed by atoms with E-state index in [9.17, 15) is 0 Å². The van der Waals surface area contributed by atoms with Crippen molar-refractivity contribution in [3.8, 4) is 0 Å². The predicted molar refractivity (Wildman–Crippen MR) is 58.0 cm³/mol. The van der Waals surface area contributed by atoms with Crippen molar-refractivity contribution in [2.45, 2.75) is 57.7 Å². The van der Waals surface area contributed by atoms with Gasteiger partial charge in [0.25, 0.3) is 0 Å². The van der Waals surface area contributed by atoms with Crippen molar-refractivity contribution >= 4 is 0 Å². The molecule has 0 heterocycles. The molecular formula is C11H24N2. The zero-order valence-electron chi connectivity index (χ0n) is 9.51. The maximum Gasteiger partial charge on any atom is 0.0105 e. The Hall–Kier alpha value is -0.0800. The number of hydrogen-bond acceptors (Lipinski definition) is 2. The summed E-state index contributed by atoms with van der Waals surface area (Å²) in [6.45, 7) is 4.53. The molecule has 13 heavy (non-hydrogen) atoms. The SMILES string of the molecule is CCC(C)NC1CCC(N(C)C)C1. The van der Waals surface area contributed by atoms with Gasteiger partial charge in [0.1, 0.15) is 0 Å². The third-order valence-electron chi connectivity index (χ3n) is 3.27. The van der Waals surface area contributed by atoms with Gasteiger partial charge >= 0.3 is 0 Å². The van der Waals surface area contributed by atoms with Gasteiger partial charge in [-0.3, -0.25) is 0 Å². The molecule has 1 aliphatic rings. The zero-order chi connectivity index (χ0) is 9.84. The van der Waals surface area contributed by atoms with Crippen LogP contribution in [0.15, 0.2) is 0 Å². The van der Waals surface area contributed by atoms with Crippen LogP contribution >= 0.6 is 0 Å². The lowest BCUT2D eigenvalue weighted by molar-refractivity contribution is 0.291. The fraction of sp³-hybridized carbons (Fsp3) is 1.00. The molecule has 1 N–H and O–H groups in total. The fourth-order valence-corrected chi connectivity index (χ4v) is 2.10. The number of rotatable bonds is 4. The smallest absolute Gasteiger partial charge is 0.0105 e. The summed E-state index contributed by atoms with van der Waals surface area (Å²) in [7, 11) is 4.38. The van der Waals surface area contributed by atoms with E-state index in [1.54, 1.807) is 0 Å². The van der Waals surface area contributed by atoms with E-state index < -0.39 is 0 Å². The molecule has 1 saturated carbocycles. The van der Waals surface area contributed by atoms with Gasteiger partial charge in [-0.15, -0.1) is 0 Å². The molecule has 78 valence electrons. The molecule has 0 saturated heterocycles. The molecule has 0 amide bonds. The summed E-state index contributed by atoms with van der Waals surface area (Å²) in [5.41, 5.74) is 0. The molecule has 0 aliphatic heterocycles. The lowest BCUT2D eigenvalue weighted by atomic mass is 10.2. The standard InChI is InChI=1S/C11H24N2/c1-5-9(2)12-10-6-7-11(8-10)13(3)4/h9-12H,5-8H2,1-4H3. The Morgan fingerprint density at radius 3 is 2.54 bits per heavy atom. The lowest BCUT2D eigenvalue weighted by Gasteiger charge is -2.21. The maximum absolute atomic E-state index is 3.69. The normalized spacial score (nSPS) is 31.2. The molecule has 3 unspecified atom stereocenters. The Balaban J connectivity index is 2.25. The van der Waals surface area contributed by atoms with Crippen LogP contribution in [-0.2, 0) is 0 Å². The minimum atomic E-state index is 0.686. The fourth-order valence-electron chi connectivity index (χ4n) is 2.10. The van der Waals surface area contributed by atoms with Crippen LogP contribution in [-0.4, -0.2) is 37.1 Å². The summed E-state index contributed by atoms with van der Waals surface area (Å²) >= 11 is 0. The van der Waals surface area contributed by atoms with E-state index in [4.69, 9.17) is 0 Å². The van der Waals surface area contributed by atoms with E-state index in [1.165, 1.54) is 25.7 Å². The van der Waals surface area contributed by atoms with Crippen molar-refractivity contribution in [1.82, 2.24) is 10.2 Å². The average Bonchev–Trinajstić information content (AvgIpc) is 2.52. The Morgan fingerprint density at radius 2 is 2.08 bits per heavy atom. The predicted octanol–water partition coefficient (Wildman–Crippen LogP) is 1.86. The summed E-state index contributed by atoms with van der Waals surface area (Å²) in [4.78, 5) is 2.36. The highest BCUT2D eigenvalue weighted by atomic mass is 15.1. The van der Waals surface area contributed by atoms with Gasteiger partial charge in [0, 0.05) is 18.1 Å². The largest absolute Gasteiger partial charge is 0.311 e. The highest BCUT2D eigenvalue weighted by Gasteiger charge is 2.26. The number of nitrogens with one attached hydrogen (secondary N) is 1.